The largest absolute Gasteiger partial charge is 0.451 e. The Bertz CT molecular complexity index is 1460. The molecular weight excluding hydrogens is 468 g/mol. The van der Waals surface area contributed by atoms with Crippen LogP contribution in [0.4, 0.5) is 17.1 Å². The minimum absolute atomic E-state index is 0.0247. The van der Waals surface area contributed by atoms with E-state index >= 15 is 0 Å². The molecule has 0 aliphatic heterocycles. The van der Waals surface area contributed by atoms with E-state index in [1.807, 2.05) is 25.1 Å². The van der Waals surface area contributed by atoms with Crippen LogP contribution in [0.5, 0.6) is 0 Å². The summed E-state index contributed by atoms with van der Waals surface area (Å²) in [5, 5.41) is 20.2. The third-order valence-electron chi connectivity index (χ3n) is 5.28. The van der Waals surface area contributed by atoms with Gasteiger partial charge in [0, 0.05) is 34.0 Å². The van der Waals surface area contributed by atoms with Crippen molar-refractivity contribution in [3.05, 3.63) is 99.3 Å². The second-order valence-corrected chi connectivity index (χ2v) is 8.21. The van der Waals surface area contributed by atoms with Crippen LogP contribution in [0.15, 0.2) is 71.1 Å². The van der Waals surface area contributed by atoms with Crippen molar-refractivity contribution < 1.29 is 18.9 Å². The molecule has 10 heteroatoms. The summed E-state index contributed by atoms with van der Waals surface area (Å²) >= 11 is 5.20. The number of benzene rings is 3. The molecule has 0 atom stereocenters. The van der Waals surface area contributed by atoms with Crippen LogP contribution in [0.3, 0.4) is 0 Å². The van der Waals surface area contributed by atoms with Crippen molar-refractivity contribution in [1.29, 1.82) is 0 Å². The molecule has 0 spiro atoms. The van der Waals surface area contributed by atoms with Gasteiger partial charge in [0.05, 0.1) is 4.92 Å². The zero-order valence-electron chi connectivity index (χ0n) is 18.7. The van der Waals surface area contributed by atoms with E-state index in [0.717, 1.165) is 10.9 Å². The third-order valence-corrected chi connectivity index (χ3v) is 5.48. The fourth-order valence-electron chi connectivity index (χ4n) is 3.44. The van der Waals surface area contributed by atoms with E-state index in [0.29, 0.717) is 22.5 Å². The summed E-state index contributed by atoms with van der Waals surface area (Å²) < 4.78 is 5.60. The standard InChI is InChI=1S/C25H20N4O5S/c1-14-7-8-17(12-20(14)29(32)33)23(30)28-25(35)26-18-9-10-19(15(2)11-18)27-24(31)22-13-16-5-3-4-6-21(16)34-22/h3-13H,1-2H3,(H,27,31)(H2,26,28,30,35). The molecule has 2 amide bonds. The quantitative estimate of drug-likeness (QED) is 0.197. The summed E-state index contributed by atoms with van der Waals surface area (Å²) in [5.41, 5.74) is 2.98. The van der Waals surface area contributed by atoms with Crippen LogP contribution in [0, 0.1) is 24.0 Å². The van der Waals surface area contributed by atoms with Crippen molar-refractivity contribution in [3.8, 4) is 0 Å². The number of fused-ring (bicyclic) bond motifs is 1. The molecule has 0 aliphatic rings. The molecule has 0 saturated heterocycles. The van der Waals surface area contributed by atoms with Crippen LogP contribution in [-0.4, -0.2) is 21.9 Å². The number of hydrogen-bond donors (Lipinski definition) is 3. The van der Waals surface area contributed by atoms with E-state index in [-0.39, 0.29) is 28.0 Å². The number of nitrogens with one attached hydrogen (secondary N) is 3. The van der Waals surface area contributed by atoms with Crippen LogP contribution in [-0.2, 0) is 0 Å². The molecule has 3 N–H and O–H groups in total. The van der Waals surface area contributed by atoms with E-state index in [9.17, 15) is 19.7 Å². The summed E-state index contributed by atoms with van der Waals surface area (Å²) in [7, 11) is 0. The normalized spacial score (nSPS) is 10.6. The van der Waals surface area contributed by atoms with Gasteiger partial charge in [-0.2, -0.15) is 0 Å². The van der Waals surface area contributed by atoms with E-state index < -0.39 is 10.8 Å². The first-order valence-electron chi connectivity index (χ1n) is 10.5. The number of rotatable bonds is 5. The first-order valence-corrected chi connectivity index (χ1v) is 10.9. The maximum absolute atomic E-state index is 12.6. The maximum atomic E-state index is 12.6. The third kappa shape index (κ3) is 5.33. The number of nitro groups is 1. The number of aryl methyl sites for hydroxylation is 2. The lowest BCUT2D eigenvalue weighted by molar-refractivity contribution is -0.385. The molecule has 3 aromatic carbocycles. The topological polar surface area (TPSA) is 127 Å². The van der Waals surface area contributed by atoms with Crippen LogP contribution < -0.4 is 16.0 Å². The maximum Gasteiger partial charge on any atom is 0.291 e. The van der Waals surface area contributed by atoms with Gasteiger partial charge < -0.3 is 15.1 Å². The van der Waals surface area contributed by atoms with Crippen molar-refractivity contribution in [3.63, 3.8) is 0 Å². The highest BCUT2D eigenvalue weighted by Gasteiger charge is 2.17. The summed E-state index contributed by atoms with van der Waals surface area (Å²) in [6.45, 7) is 3.41. The number of amides is 2. The van der Waals surface area contributed by atoms with Gasteiger partial charge in [0.1, 0.15) is 5.58 Å². The van der Waals surface area contributed by atoms with Gasteiger partial charge in [-0.1, -0.05) is 24.3 Å². The Labute approximate surface area is 205 Å². The molecule has 4 rings (SSSR count). The smallest absolute Gasteiger partial charge is 0.291 e. The molecule has 35 heavy (non-hydrogen) atoms. The predicted octanol–water partition coefficient (Wildman–Crippen LogP) is 5.34. The van der Waals surface area contributed by atoms with Crippen molar-refractivity contribution >= 4 is 57.2 Å². The van der Waals surface area contributed by atoms with Gasteiger partial charge in [-0.05, 0) is 68.0 Å². The number of carbonyl (C=O) groups is 2. The molecule has 0 radical (unpaired) electrons. The van der Waals surface area contributed by atoms with Crippen LogP contribution in [0.2, 0.25) is 0 Å². The fraction of sp³-hybridized carbons (Fsp3) is 0.0800. The Morgan fingerprint density at radius 1 is 0.914 bits per heavy atom. The average molecular weight is 489 g/mol. The van der Waals surface area contributed by atoms with Crippen molar-refractivity contribution in [2.45, 2.75) is 13.8 Å². The highest BCUT2D eigenvalue weighted by molar-refractivity contribution is 7.80. The number of nitrogens with zero attached hydrogens (tertiary/aromatic N) is 1. The highest BCUT2D eigenvalue weighted by Crippen LogP contribution is 2.23. The number of carbonyl (C=O) groups excluding carboxylic acids is 2. The molecule has 0 unspecified atom stereocenters. The lowest BCUT2D eigenvalue weighted by Crippen LogP contribution is -2.34. The predicted molar refractivity (Wildman–Crippen MR) is 137 cm³/mol. The van der Waals surface area contributed by atoms with E-state index in [2.05, 4.69) is 16.0 Å². The van der Waals surface area contributed by atoms with Gasteiger partial charge in [0.15, 0.2) is 10.9 Å². The Morgan fingerprint density at radius 2 is 1.69 bits per heavy atom. The average Bonchev–Trinajstić information content (AvgIpc) is 3.25. The minimum atomic E-state index is -0.572. The van der Waals surface area contributed by atoms with Gasteiger partial charge in [-0.15, -0.1) is 0 Å². The van der Waals surface area contributed by atoms with Crippen LogP contribution >= 0.6 is 12.2 Å². The summed E-state index contributed by atoms with van der Waals surface area (Å²) in [6, 6.07) is 18.4. The fourth-order valence-corrected chi connectivity index (χ4v) is 3.65. The molecular formula is C25H20N4O5S. The number of nitro benzene ring substituents is 1. The number of hydrogen-bond acceptors (Lipinski definition) is 6. The van der Waals surface area contributed by atoms with Crippen molar-refractivity contribution in [1.82, 2.24) is 5.32 Å². The van der Waals surface area contributed by atoms with Gasteiger partial charge >= 0.3 is 0 Å². The zero-order valence-corrected chi connectivity index (χ0v) is 19.6. The second kappa shape index (κ2) is 9.74. The van der Waals surface area contributed by atoms with Crippen LogP contribution in [0.1, 0.15) is 32.0 Å². The zero-order chi connectivity index (χ0) is 25.1. The molecule has 0 bridgehead atoms. The summed E-state index contributed by atoms with van der Waals surface area (Å²) in [4.78, 5) is 35.6. The molecule has 1 aromatic heterocycles. The number of thiocarbonyl (C=S) groups is 1. The van der Waals surface area contributed by atoms with Gasteiger partial charge in [-0.25, -0.2) is 0 Å². The second-order valence-electron chi connectivity index (χ2n) is 7.80. The molecule has 176 valence electrons. The van der Waals surface area contributed by atoms with E-state index in [1.54, 1.807) is 37.3 Å². The molecule has 0 saturated carbocycles. The number of anilines is 2. The van der Waals surface area contributed by atoms with Crippen molar-refractivity contribution in [2.75, 3.05) is 10.6 Å². The monoisotopic (exact) mass is 488 g/mol. The van der Waals surface area contributed by atoms with Crippen LogP contribution in [0.25, 0.3) is 11.0 Å². The first kappa shape index (κ1) is 23.6. The lowest BCUT2D eigenvalue weighted by atomic mass is 10.1. The molecule has 4 aromatic rings. The van der Waals surface area contributed by atoms with Gasteiger partial charge in [-0.3, -0.25) is 25.0 Å². The molecule has 1 heterocycles. The Hall–Kier alpha value is -4.57. The van der Waals surface area contributed by atoms with E-state index in [1.165, 1.54) is 18.2 Å². The van der Waals surface area contributed by atoms with Crippen molar-refractivity contribution in [2.24, 2.45) is 0 Å². The molecule has 9 nitrogen and oxygen atoms in total. The molecule has 0 fully saturated rings. The number of para-hydroxylation sites is 1. The molecule has 0 aliphatic carbocycles. The number of furan rings is 1. The highest BCUT2D eigenvalue weighted by atomic mass is 32.1. The SMILES string of the molecule is Cc1cc(NC(=S)NC(=O)c2ccc(C)c([N+](=O)[O-])c2)ccc1NC(=O)c1cc2ccccc2o1. The first-order chi connectivity index (χ1) is 16.7. The van der Waals surface area contributed by atoms with E-state index in [4.69, 9.17) is 16.6 Å². The summed E-state index contributed by atoms with van der Waals surface area (Å²) in [6.07, 6.45) is 0. The summed E-state index contributed by atoms with van der Waals surface area (Å²) in [5.74, 6) is -0.745. The Kier molecular flexibility index (Phi) is 6.56. The van der Waals surface area contributed by atoms with Gasteiger partial charge in [0.25, 0.3) is 17.5 Å². The lowest BCUT2D eigenvalue weighted by Gasteiger charge is -2.13. The Balaban J connectivity index is 1.39. The Morgan fingerprint density at radius 3 is 2.40 bits per heavy atom. The minimum Gasteiger partial charge on any atom is -0.451 e. The van der Waals surface area contributed by atoms with Gasteiger partial charge in [0.2, 0.25) is 0 Å².